The summed E-state index contributed by atoms with van der Waals surface area (Å²) in [6.07, 6.45) is 2.52. The largest absolute Gasteiger partial charge is 0.497 e. The van der Waals surface area contributed by atoms with Crippen LogP contribution in [0, 0.1) is 0 Å². The van der Waals surface area contributed by atoms with Gasteiger partial charge in [-0.3, -0.25) is 4.79 Å². The van der Waals surface area contributed by atoms with Gasteiger partial charge >= 0.3 is 5.97 Å². The monoisotopic (exact) mass is 481 g/mol. The first-order chi connectivity index (χ1) is 15.3. The number of carbonyl (C=O) groups excluding carboxylic acids is 2. The molecule has 1 aliphatic heterocycles. The Bertz CT molecular complexity index is 1110. The molecular weight excluding hydrogens is 458 g/mol. The Hall–Kier alpha value is -2.62. The van der Waals surface area contributed by atoms with Crippen molar-refractivity contribution in [2.75, 3.05) is 33.9 Å². The molecule has 0 unspecified atom stereocenters. The zero-order valence-electron chi connectivity index (χ0n) is 17.8. The Balaban J connectivity index is 1.75. The van der Waals surface area contributed by atoms with Crippen LogP contribution in [0.3, 0.4) is 0 Å². The summed E-state index contributed by atoms with van der Waals surface area (Å²) in [6.45, 7) is 0.273. The summed E-state index contributed by atoms with van der Waals surface area (Å²) < 4.78 is 42.7. The van der Waals surface area contributed by atoms with Crippen LogP contribution in [0.5, 0.6) is 11.5 Å². The number of ketones is 1. The van der Waals surface area contributed by atoms with Crippen LogP contribution in [-0.4, -0.2) is 58.4 Å². The maximum atomic E-state index is 13.0. The zero-order chi connectivity index (χ0) is 23.3. The number of hydrogen-bond donors (Lipinski definition) is 0. The van der Waals surface area contributed by atoms with E-state index in [0.717, 1.165) is 19.3 Å². The number of hydrogen-bond acceptors (Lipinski definition) is 7. The van der Waals surface area contributed by atoms with Crippen LogP contribution in [0.25, 0.3) is 0 Å². The number of benzene rings is 2. The van der Waals surface area contributed by atoms with E-state index in [9.17, 15) is 18.0 Å². The van der Waals surface area contributed by atoms with Crippen LogP contribution >= 0.6 is 11.6 Å². The lowest BCUT2D eigenvalue weighted by molar-refractivity contribution is 0.0473. The third-order valence-electron chi connectivity index (χ3n) is 5.14. The molecule has 172 valence electrons. The van der Waals surface area contributed by atoms with Gasteiger partial charge in [0.15, 0.2) is 6.61 Å². The van der Waals surface area contributed by atoms with E-state index in [-0.39, 0.29) is 26.8 Å². The summed E-state index contributed by atoms with van der Waals surface area (Å²) in [5.41, 5.74) is 0.213. The number of Topliss-reactive ketones (excluding diaryl/α,β-unsaturated/α-hetero) is 1. The van der Waals surface area contributed by atoms with E-state index in [2.05, 4.69) is 0 Å². The molecule has 1 fully saturated rings. The molecule has 0 aromatic heterocycles. The molecule has 0 spiro atoms. The molecule has 0 N–H and O–H groups in total. The molecule has 1 aliphatic rings. The van der Waals surface area contributed by atoms with Crippen LogP contribution in [0.1, 0.15) is 40.0 Å². The summed E-state index contributed by atoms with van der Waals surface area (Å²) in [6, 6.07) is 8.54. The Morgan fingerprint density at radius 3 is 2.38 bits per heavy atom. The first kappa shape index (κ1) is 24.0. The van der Waals surface area contributed by atoms with Crippen molar-refractivity contribution in [2.45, 2.75) is 24.2 Å². The van der Waals surface area contributed by atoms with E-state index >= 15 is 0 Å². The molecule has 3 rings (SSSR count). The summed E-state index contributed by atoms with van der Waals surface area (Å²) >= 11 is 6.13. The Morgan fingerprint density at radius 1 is 1.00 bits per heavy atom. The predicted octanol–water partition coefficient (Wildman–Crippen LogP) is 3.57. The SMILES string of the molecule is COc1ccc(C(=O)COC(=O)c2ccc(Cl)c(S(=O)(=O)N3CCCCC3)c2)c(OC)c1. The van der Waals surface area contributed by atoms with E-state index < -0.39 is 28.4 Å². The smallest absolute Gasteiger partial charge is 0.338 e. The zero-order valence-corrected chi connectivity index (χ0v) is 19.4. The average Bonchev–Trinajstić information content (AvgIpc) is 2.82. The minimum Gasteiger partial charge on any atom is -0.497 e. The number of piperidine rings is 1. The minimum atomic E-state index is -3.84. The van der Waals surface area contributed by atoms with Crippen LogP contribution in [0.15, 0.2) is 41.3 Å². The third-order valence-corrected chi connectivity index (χ3v) is 7.52. The van der Waals surface area contributed by atoms with E-state index in [1.165, 1.54) is 42.8 Å². The van der Waals surface area contributed by atoms with E-state index in [1.807, 2.05) is 0 Å². The number of carbonyl (C=O) groups is 2. The highest BCUT2D eigenvalue weighted by molar-refractivity contribution is 7.89. The fourth-order valence-electron chi connectivity index (χ4n) is 3.39. The highest BCUT2D eigenvalue weighted by Crippen LogP contribution is 2.28. The molecule has 0 aliphatic carbocycles. The van der Waals surface area contributed by atoms with Crippen molar-refractivity contribution in [2.24, 2.45) is 0 Å². The number of ether oxygens (including phenoxy) is 3. The molecule has 0 radical (unpaired) electrons. The maximum absolute atomic E-state index is 13.0. The van der Waals surface area contributed by atoms with E-state index in [4.69, 9.17) is 25.8 Å². The van der Waals surface area contributed by atoms with E-state index in [0.29, 0.717) is 18.8 Å². The lowest BCUT2D eigenvalue weighted by Gasteiger charge is -2.26. The second-order valence-electron chi connectivity index (χ2n) is 7.18. The summed E-state index contributed by atoms with van der Waals surface area (Å²) in [7, 11) is -0.938. The van der Waals surface area contributed by atoms with Crippen molar-refractivity contribution >= 4 is 33.4 Å². The van der Waals surface area contributed by atoms with Gasteiger partial charge in [-0.05, 0) is 43.2 Å². The van der Waals surface area contributed by atoms with Gasteiger partial charge in [0.25, 0.3) is 0 Å². The Labute approximate surface area is 192 Å². The van der Waals surface area contributed by atoms with Gasteiger partial charge in [0.1, 0.15) is 16.4 Å². The molecule has 0 amide bonds. The number of sulfonamides is 1. The normalized spacial score (nSPS) is 14.6. The van der Waals surface area contributed by atoms with Crippen LogP contribution < -0.4 is 9.47 Å². The Morgan fingerprint density at radius 2 is 1.72 bits per heavy atom. The first-order valence-corrected chi connectivity index (χ1v) is 11.8. The quantitative estimate of drug-likeness (QED) is 0.419. The first-order valence-electron chi connectivity index (χ1n) is 10.00. The minimum absolute atomic E-state index is 0.0144. The molecule has 10 heteroatoms. The van der Waals surface area contributed by atoms with Gasteiger partial charge in [-0.2, -0.15) is 4.31 Å². The third kappa shape index (κ3) is 5.23. The second kappa shape index (κ2) is 10.3. The molecule has 32 heavy (non-hydrogen) atoms. The Kier molecular flexibility index (Phi) is 7.76. The standard InChI is InChI=1S/C22H24ClNO7S/c1-29-16-7-8-17(20(13-16)30-2)19(25)14-31-22(26)15-6-9-18(23)21(12-15)32(27,28)24-10-4-3-5-11-24/h6-9,12-13H,3-5,10-11,14H2,1-2H3. The van der Waals surface area contributed by atoms with Gasteiger partial charge in [-0.25, -0.2) is 13.2 Å². The number of rotatable bonds is 8. The van der Waals surface area contributed by atoms with Gasteiger partial charge in [0, 0.05) is 19.2 Å². The molecule has 1 heterocycles. The van der Waals surface area contributed by atoms with Gasteiger partial charge in [0.05, 0.1) is 30.4 Å². The maximum Gasteiger partial charge on any atom is 0.338 e. The number of halogens is 1. The van der Waals surface area contributed by atoms with Crippen molar-refractivity contribution < 1.29 is 32.2 Å². The van der Waals surface area contributed by atoms with Gasteiger partial charge in [0.2, 0.25) is 15.8 Å². The molecule has 8 nitrogen and oxygen atoms in total. The van der Waals surface area contributed by atoms with Crippen molar-refractivity contribution in [1.82, 2.24) is 4.31 Å². The van der Waals surface area contributed by atoms with Crippen LogP contribution in [-0.2, 0) is 14.8 Å². The number of esters is 1. The van der Waals surface area contributed by atoms with E-state index in [1.54, 1.807) is 12.1 Å². The summed E-state index contributed by atoms with van der Waals surface area (Å²) in [4.78, 5) is 24.9. The highest BCUT2D eigenvalue weighted by atomic mass is 35.5. The van der Waals surface area contributed by atoms with Gasteiger partial charge in [-0.1, -0.05) is 18.0 Å². The predicted molar refractivity (Wildman–Crippen MR) is 118 cm³/mol. The van der Waals surface area contributed by atoms with Crippen molar-refractivity contribution in [3.8, 4) is 11.5 Å². The lowest BCUT2D eigenvalue weighted by atomic mass is 10.1. The van der Waals surface area contributed by atoms with Crippen LogP contribution in [0.2, 0.25) is 5.02 Å². The number of nitrogens with zero attached hydrogens (tertiary/aromatic N) is 1. The second-order valence-corrected chi connectivity index (χ2v) is 9.49. The summed E-state index contributed by atoms with van der Waals surface area (Å²) in [5, 5.41) is 0.0196. The van der Waals surface area contributed by atoms with Gasteiger partial charge in [-0.15, -0.1) is 0 Å². The average molecular weight is 482 g/mol. The molecular formula is C22H24ClNO7S. The van der Waals surface area contributed by atoms with Crippen LogP contribution in [0.4, 0.5) is 0 Å². The molecule has 0 atom stereocenters. The van der Waals surface area contributed by atoms with Crippen molar-refractivity contribution in [3.05, 3.63) is 52.5 Å². The fourth-order valence-corrected chi connectivity index (χ4v) is 5.41. The van der Waals surface area contributed by atoms with Crippen molar-refractivity contribution in [1.29, 1.82) is 0 Å². The van der Waals surface area contributed by atoms with Crippen molar-refractivity contribution in [3.63, 3.8) is 0 Å². The molecule has 0 saturated carbocycles. The molecule has 2 aromatic rings. The highest BCUT2D eigenvalue weighted by Gasteiger charge is 2.29. The summed E-state index contributed by atoms with van der Waals surface area (Å²) in [5.74, 6) is -0.517. The lowest BCUT2D eigenvalue weighted by Crippen LogP contribution is -2.35. The number of methoxy groups -OCH3 is 2. The fraction of sp³-hybridized carbons (Fsp3) is 0.364. The molecule has 1 saturated heterocycles. The molecule has 0 bridgehead atoms. The topological polar surface area (TPSA) is 99.2 Å². The molecule has 2 aromatic carbocycles. The van der Waals surface area contributed by atoms with Gasteiger partial charge < -0.3 is 14.2 Å².